The lowest BCUT2D eigenvalue weighted by Gasteiger charge is -2.20. The van der Waals surface area contributed by atoms with Crippen molar-refractivity contribution < 1.29 is 9.53 Å². The van der Waals surface area contributed by atoms with Crippen molar-refractivity contribution in [3.8, 4) is 5.75 Å². The van der Waals surface area contributed by atoms with Crippen molar-refractivity contribution in [2.24, 2.45) is 0 Å². The van der Waals surface area contributed by atoms with Crippen LogP contribution in [0.2, 0.25) is 0 Å². The van der Waals surface area contributed by atoms with Crippen LogP contribution in [0, 0.1) is 6.92 Å². The van der Waals surface area contributed by atoms with E-state index in [2.05, 4.69) is 5.32 Å². The van der Waals surface area contributed by atoms with Crippen LogP contribution in [0.5, 0.6) is 5.75 Å². The maximum atomic E-state index is 12.4. The predicted octanol–water partition coefficient (Wildman–Crippen LogP) is 4.21. The van der Waals surface area contributed by atoms with Gasteiger partial charge in [0.05, 0.1) is 7.11 Å². The van der Waals surface area contributed by atoms with Gasteiger partial charge >= 0.3 is 6.03 Å². The Balaban J connectivity index is 2.07. The molecule has 0 spiro atoms. The highest BCUT2D eigenvalue weighted by Gasteiger charge is 2.12. The fraction of sp³-hybridized carbons (Fsp3) is 0.211. The van der Waals surface area contributed by atoms with Crippen LogP contribution in [-0.4, -0.2) is 19.7 Å². The summed E-state index contributed by atoms with van der Waals surface area (Å²) in [6.07, 6.45) is 3.46. The van der Waals surface area contributed by atoms with Crippen molar-refractivity contribution >= 4 is 17.8 Å². The van der Waals surface area contributed by atoms with Gasteiger partial charge in [-0.05, 0) is 43.7 Å². The average Bonchev–Trinajstić information content (AvgIpc) is 2.56. The molecule has 2 rings (SSSR count). The largest absolute Gasteiger partial charge is 0.496 e. The first-order chi connectivity index (χ1) is 11.2. The second kappa shape index (κ2) is 8.03. The highest BCUT2D eigenvalue weighted by Crippen LogP contribution is 2.18. The first-order valence-electron chi connectivity index (χ1n) is 7.60. The van der Waals surface area contributed by atoms with Crippen molar-refractivity contribution in [2.75, 3.05) is 18.6 Å². The molecule has 0 aliphatic rings. The van der Waals surface area contributed by atoms with Gasteiger partial charge in [0.25, 0.3) is 0 Å². The highest BCUT2D eigenvalue weighted by molar-refractivity contribution is 5.92. The van der Waals surface area contributed by atoms with E-state index in [0.29, 0.717) is 6.54 Å². The lowest BCUT2D eigenvalue weighted by molar-refractivity contribution is 0.249. The first-order valence-corrected chi connectivity index (χ1v) is 7.60. The summed E-state index contributed by atoms with van der Waals surface area (Å²) in [4.78, 5) is 14.1. The lowest BCUT2D eigenvalue weighted by Crippen LogP contribution is -2.37. The Morgan fingerprint density at radius 1 is 1.22 bits per heavy atom. The van der Waals surface area contributed by atoms with Gasteiger partial charge in [-0.2, -0.15) is 0 Å². The summed E-state index contributed by atoms with van der Waals surface area (Å²) in [5.41, 5.74) is 2.92. The molecule has 0 atom stereocenters. The summed E-state index contributed by atoms with van der Waals surface area (Å²) in [7, 11) is 1.63. The summed E-state index contributed by atoms with van der Waals surface area (Å²) in [5, 5.41) is 2.80. The minimum Gasteiger partial charge on any atom is -0.496 e. The number of carbonyl (C=O) groups excluding carboxylic acids is 1. The normalized spacial score (nSPS) is 10.6. The molecule has 4 nitrogen and oxygen atoms in total. The van der Waals surface area contributed by atoms with Crippen molar-refractivity contribution in [3.63, 3.8) is 0 Å². The van der Waals surface area contributed by atoms with Crippen LogP contribution in [0.4, 0.5) is 10.5 Å². The van der Waals surface area contributed by atoms with E-state index in [0.717, 1.165) is 22.6 Å². The van der Waals surface area contributed by atoms with Crippen molar-refractivity contribution in [3.05, 3.63) is 65.9 Å². The summed E-state index contributed by atoms with van der Waals surface area (Å²) in [5.74, 6) is 0.768. The quantitative estimate of drug-likeness (QED) is 0.899. The fourth-order valence-corrected chi connectivity index (χ4v) is 2.32. The van der Waals surface area contributed by atoms with Crippen molar-refractivity contribution in [1.29, 1.82) is 0 Å². The molecular weight excluding hydrogens is 288 g/mol. The van der Waals surface area contributed by atoms with E-state index >= 15 is 0 Å². The Hall–Kier alpha value is -2.75. The second-order valence-electron chi connectivity index (χ2n) is 5.11. The van der Waals surface area contributed by atoms with E-state index in [1.54, 1.807) is 18.2 Å². The van der Waals surface area contributed by atoms with Crippen LogP contribution in [0.25, 0.3) is 6.08 Å². The third-order valence-corrected chi connectivity index (χ3v) is 3.48. The molecule has 0 saturated heterocycles. The smallest absolute Gasteiger partial charge is 0.325 e. The number of anilines is 1. The van der Waals surface area contributed by atoms with Gasteiger partial charge in [-0.3, -0.25) is 4.90 Å². The number of nitrogens with one attached hydrogen (secondary N) is 1. The maximum absolute atomic E-state index is 12.4. The van der Waals surface area contributed by atoms with Crippen LogP contribution < -0.4 is 15.0 Å². The third-order valence-electron chi connectivity index (χ3n) is 3.48. The summed E-state index contributed by atoms with van der Waals surface area (Å²) in [6, 6.07) is 15.4. The molecule has 0 saturated carbocycles. The molecule has 23 heavy (non-hydrogen) atoms. The van der Waals surface area contributed by atoms with Gasteiger partial charge in [0.1, 0.15) is 5.75 Å². The first kappa shape index (κ1) is 16.6. The molecule has 2 amide bonds. The topological polar surface area (TPSA) is 41.6 Å². The van der Waals surface area contributed by atoms with E-state index in [9.17, 15) is 4.79 Å². The zero-order chi connectivity index (χ0) is 16.7. The van der Waals surface area contributed by atoms with Gasteiger partial charge in [-0.25, -0.2) is 4.79 Å². The number of rotatable bonds is 5. The summed E-state index contributed by atoms with van der Waals surface area (Å²) in [6.45, 7) is 4.56. The second-order valence-corrected chi connectivity index (χ2v) is 5.11. The Kier molecular flexibility index (Phi) is 5.80. The molecule has 0 aliphatic carbocycles. The van der Waals surface area contributed by atoms with E-state index in [-0.39, 0.29) is 6.03 Å². The average molecular weight is 310 g/mol. The molecular formula is C19H22N2O2. The van der Waals surface area contributed by atoms with Gasteiger partial charge < -0.3 is 10.1 Å². The Morgan fingerprint density at radius 3 is 2.70 bits per heavy atom. The van der Waals surface area contributed by atoms with E-state index in [4.69, 9.17) is 4.74 Å². The van der Waals surface area contributed by atoms with E-state index < -0.39 is 0 Å². The molecule has 0 aliphatic heterocycles. The number of para-hydroxylation sites is 1. The Bertz CT molecular complexity index is 695. The van der Waals surface area contributed by atoms with Crippen molar-refractivity contribution in [2.45, 2.75) is 13.8 Å². The molecule has 4 heteroatoms. The minimum absolute atomic E-state index is 0.163. The van der Waals surface area contributed by atoms with Crippen LogP contribution >= 0.6 is 0 Å². The fourth-order valence-electron chi connectivity index (χ4n) is 2.32. The number of carbonyl (C=O) groups is 1. The number of amides is 2. The molecule has 0 bridgehead atoms. The molecule has 0 unspecified atom stereocenters. The van der Waals surface area contributed by atoms with Gasteiger partial charge in [-0.15, -0.1) is 0 Å². The number of nitrogens with zero attached hydrogens (tertiary/aromatic N) is 1. The molecule has 0 heterocycles. The third kappa shape index (κ3) is 4.36. The number of benzene rings is 2. The predicted molar refractivity (Wildman–Crippen MR) is 94.8 cm³/mol. The zero-order valence-electron chi connectivity index (χ0n) is 13.7. The van der Waals surface area contributed by atoms with Crippen LogP contribution in [0.1, 0.15) is 18.1 Å². The Labute approximate surface area is 137 Å². The van der Waals surface area contributed by atoms with Gasteiger partial charge in [0.15, 0.2) is 0 Å². The minimum atomic E-state index is -0.163. The number of aryl methyl sites for hydroxylation is 1. The molecule has 0 aromatic heterocycles. The number of methoxy groups -OCH3 is 1. The van der Waals surface area contributed by atoms with Gasteiger partial charge in [-0.1, -0.05) is 30.3 Å². The number of urea groups is 1. The molecule has 0 fully saturated rings. The summed E-state index contributed by atoms with van der Waals surface area (Å²) < 4.78 is 5.28. The van der Waals surface area contributed by atoms with E-state index in [1.165, 1.54) is 0 Å². The lowest BCUT2D eigenvalue weighted by atomic mass is 10.2. The molecule has 120 valence electrons. The van der Waals surface area contributed by atoms with Crippen LogP contribution in [0.3, 0.4) is 0 Å². The number of hydrogen-bond acceptors (Lipinski definition) is 2. The number of hydrogen-bond donors (Lipinski definition) is 1. The van der Waals surface area contributed by atoms with Gasteiger partial charge in [0, 0.05) is 24.0 Å². The van der Waals surface area contributed by atoms with Crippen molar-refractivity contribution in [1.82, 2.24) is 5.32 Å². The van der Waals surface area contributed by atoms with Crippen LogP contribution in [-0.2, 0) is 0 Å². The highest BCUT2D eigenvalue weighted by atomic mass is 16.5. The van der Waals surface area contributed by atoms with E-state index in [1.807, 2.05) is 68.5 Å². The van der Waals surface area contributed by atoms with Gasteiger partial charge in [0.2, 0.25) is 0 Å². The molecule has 0 radical (unpaired) electrons. The Morgan fingerprint density at radius 2 is 2.00 bits per heavy atom. The van der Waals surface area contributed by atoms with Crippen LogP contribution in [0.15, 0.2) is 54.7 Å². The standard InChI is InChI=1S/C19H22N2O2/c1-4-21(17-10-7-8-15(2)14-17)19(22)20-13-12-16-9-5-6-11-18(16)23-3/h5-14H,4H2,1-3H3,(H,20,22)/b13-12+. The molecule has 2 aromatic carbocycles. The molecule has 2 aromatic rings. The molecule has 1 N–H and O–H groups in total. The maximum Gasteiger partial charge on any atom is 0.325 e. The zero-order valence-corrected chi connectivity index (χ0v) is 13.7. The SMILES string of the molecule is CCN(C(=O)N/C=C/c1ccccc1OC)c1cccc(C)c1. The monoisotopic (exact) mass is 310 g/mol. The number of ether oxygens (including phenoxy) is 1. The summed E-state index contributed by atoms with van der Waals surface area (Å²) >= 11 is 0.